The lowest BCUT2D eigenvalue weighted by atomic mass is 9.99. The molecule has 0 saturated heterocycles. The number of rotatable bonds is 2. The van der Waals surface area contributed by atoms with Crippen molar-refractivity contribution in [2.75, 3.05) is 7.11 Å². The minimum absolute atomic E-state index is 0.0332. The molecule has 0 saturated carbocycles. The summed E-state index contributed by atoms with van der Waals surface area (Å²) < 4.78 is 18.9. The Morgan fingerprint density at radius 2 is 2.22 bits per heavy atom. The molecule has 18 heavy (non-hydrogen) atoms. The van der Waals surface area contributed by atoms with Crippen LogP contribution in [0, 0.1) is 0 Å². The zero-order chi connectivity index (χ0) is 13.3. The van der Waals surface area contributed by atoms with Crippen LogP contribution < -0.4 is 21.5 Å². The maximum absolute atomic E-state index is 13.8. The minimum atomic E-state index is -1.66. The molecule has 1 aliphatic heterocycles. The Balaban J connectivity index is 2.50. The van der Waals surface area contributed by atoms with Crippen LogP contribution in [-0.2, 0) is 5.66 Å². The van der Waals surface area contributed by atoms with E-state index >= 15 is 0 Å². The highest BCUT2D eigenvalue weighted by Gasteiger charge is 2.35. The average Bonchev–Trinajstić information content (AvgIpc) is 2.34. The molecule has 1 aliphatic rings. The molecule has 0 radical (unpaired) electrons. The third kappa shape index (κ3) is 2.00. The molecule has 1 aromatic rings. The molecule has 0 bridgehead atoms. The molecule has 1 unspecified atom stereocenters. The van der Waals surface area contributed by atoms with E-state index in [1.54, 1.807) is 12.1 Å². The standard InChI is InChI=1S/C11H12ClFN4O/c1-18-8-3-2-6(4-7(8)12)11(15)9(13)5-16-10(14)17-11/h2-5H,15H2,1H3,(H3,14,16,17). The van der Waals surface area contributed by atoms with Crippen LogP contribution in [0.1, 0.15) is 5.56 Å². The summed E-state index contributed by atoms with van der Waals surface area (Å²) >= 11 is 5.98. The van der Waals surface area contributed by atoms with Crippen molar-refractivity contribution in [1.82, 2.24) is 5.32 Å². The SMILES string of the molecule is COc1ccc(C2(N)N=C(N)NC=C2F)cc1Cl. The van der Waals surface area contributed by atoms with Crippen LogP contribution in [0.25, 0.3) is 0 Å². The first kappa shape index (κ1) is 12.7. The second-order valence-electron chi connectivity index (χ2n) is 3.75. The van der Waals surface area contributed by atoms with Gasteiger partial charge in [-0.05, 0) is 12.1 Å². The van der Waals surface area contributed by atoms with E-state index < -0.39 is 11.5 Å². The number of nitrogens with two attached hydrogens (primary N) is 2. The lowest BCUT2D eigenvalue weighted by Gasteiger charge is -2.27. The number of halogens is 2. The van der Waals surface area contributed by atoms with E-state index in [1.807, 2.05) is 0 Å². The Bertz CT molecular complexity index is 546. The summed E-state index contributed by atoms with van der Waals surface area (Å²) in [6.07, 6.45) is 1.07. The number of benzene rings is 1. The molecule has 0 amide bonds. The van der Waals surface area contributed by atoms with Crippen molar-refractivity contribution in [2.45, 2.75) is 5.66 Å². The van der Waals surface area contributed by atoms with E-state index in [1.165, 1.54) is 13.2 Å². The highest BCUT2D eigenvalue weighted by molar-refractivity contribution is 6.32. The first-order valence-corrected chi connectivity index (χ1v) is 5.46. The van der Waals surface area contributed by atoms with Gasteiger partial charge in [-0.1, -0.05) is 17.7 Å². The van der Waals surface area contributed by atoms with Crippen LogP contribution >= 0.6 is 11.6 Å². The van der Waals surface area contributed by atoms with Gasteiger partial charge >= 0.3 is 0 Å². The van der Waals surface area contributed by atoms with Gasteiger partial charge in [0.25, 0.3) is 0 Å². The summed E-state index contributed by atoms with van der Waals surface area (Å²) in [4.78, 5) is 3.88. The van der Waals surface area contributed by atoms with Crippen molar-refractivity contribution in [1.29, 1.82) is 0 Å². The van der Waals surface area contributed by atoms with Crippen LogP contribution in [0.4, 0.5) is 4.39 Å². The van der Waals surface area contributed by atoms with Gasteiger partial charge in [0.15, 0.2) is 17.4 Å². The molecule has 0 aliphatic carbocycles. The van der Waals surface area contributed by atoms with E-state index in [2.05, 4.69) is 10.3 Å². The normalized spacial score (nSPS) is 22.9. The van der Waals surface area contributed by atoms with Crippen LogP contribution in [-0.4, -0.2) is 13.1 Å². The van der Waals surface area contributed by atoms with E-state index in [-0.39, 0.29) is 5.96 Å². The number of hydrogen-bond donors (Lipinski definition) is 3. The lowest BCUT2D eigenvalue weighted by molar-refractivity contribution is 0.404. The minimum Gasteiger partial charge on any atom is -0.495 e. The average molecular weight is 271 g/mol. The molecule has 1 atom stereocenters. The molecule has 5 nitrogen and oxygen atoms in total. The highest BCUT2D eigenvalue weighted by Crippen LogP contribution is 2.35. The molecule has 0 aromatic heterocycles. The number of hydrogen-bond acceptors (Lipinski definition) is 5. The monoisotopic (exact) mass is 270 g/mol. The Hall–Kier alpha value is -1.79. The topological polar surface area (TPSA) is 85.7 Å². The maximum atomic E-state index is 13.8. The lowest BCUT2D eigenvalue weighted by Crippen LogP contribution is -2.44. The van der Waals surface area contributed by atoms with Crippen LogP contribution in [0.3, 0.4) is 0 Å². The number of aliphatic imine (C=N–C) groups is 1. The quantitative estimate of drug-likeness (QED) is 0.753. The molecule has 1 aromatic carbocycles. The van der Waals surface area contributed by atoms with Crippen LogP contribution in [0.5, 0.6) is 5.75 Å². The molecule has 96 valence electrons. The van der Waals surface area contributed by atoms with Crippen molar-refractivity contribution in [3.8, 4) is 5.75 Å². The maximum Gasteiger partial charge on any atom is 0.195 e. The van der Waals surface area contributed by atoms with Gasteiger partial charge in [-0.25, -0.2) is 9.38 Å². The molecule has 7 heteroatoms. The Labute approximate surface area is 108 Å². The fourth-order valence-electron chi connectivity index (χ4n) is 1.63. The van der Waals surface area contributed by atoms with Crippen LogP contribution in [0.2, 0.25) is 5.02 Å². The number of methoxy groups -OCH3 is 1. The van der Waals surface area contributed by atoms with Gasteiger partial charge in [-0.3, -0.25) is 5.73 Å². The predicted octanol–water partition coefficient (Wildman–Crippen LogP) is 1.19. The molecule has 0 fully saturated rings. The molecular weight excluding hydrogens is 259 g/mol. The fourth-order valence-corrected chi connectivity index (χ4v) is 1.89. The van der Waals surface area contributed by atoms with Gasteiger partial charge in [0.05, 0.1) is 12.1 Å². The molecule has 5 N–H and O–H groups in total. The van der Waals surface area contributed by atoms with Gasteiger partial charge in [-0.2, -0.15) is 0 Å². The Morgan fingerprint density at radius 3 is 2.83 bits per heavy atom. The van der Waals surface area contributed by atoms with Gasteiger partial charge < -0.3 is 15.8 Å². The highest BCUT2D eigenvalue weighted by atomic mass is 35.5. The van der Waals surface area contributed by atoms with E-state index in [9.17, 15) is 4.39 Å². The summed E-state index contributed by atoms with van der Waals surface area (Å²) in [5.41, 5.74) is 10.1. The summed E-state index contributed by atoms with van der Waals surface area (Å²) in [5.74, 6) is -0.150. The van der Waals surface area contributed by atoms with E-state index in [0.29, 0.717) is 16.3 Å². The largest absolute Gasteiger partial charge is 0.495 e. The molecule has 2 rings (SSSR count). The zero-order valence-corrected chi connectivity index (χ0v) is 10.3. The summed E-state index contributed by atoms with van der Waals surface area (Å²) in [7, 11) is 1.49. The van der Waals surface area contributed by atoms with Gasteiger partial charge in [0.2, 0.25) is 0 Å². The van der Waals surface area contributed by atoms with Crippen molar-refractivity contribution in [3.05, 3.63) is 40.8 Å². The number of nitrogens with zero attached hydrogens (tertiary/aromatic N) is 1. The fraction of sp³-hybridized carbons (Fsp3) is 0.182. The second-order valence-corrected chi connectivity index (χ2v) is 4.16. The van der Waals surface area contributed by atoms with Crippen molar-refractivity contribution in [3.63, 3.8) is 0 Å². The van der Waals surface area contributed by atoms with Gasteiger partial charge in [-0.15, -0.1) is 0 Å². The second kappa shape index (κ2) is 4.47. The summed E-state index contributed by atoms with van der Waals surface area (Å²) in [5, 5.41) is 2.77. The van der Waals surface area contributed by atoms with E-state index in [4.69, 9.17) is 27.8 Å². The van der Waals surface area contributed by atoms with Gasteiger partial charge in [0, 0.05) is 11.8 Å². The van der Waals surface area contributed by atoms with Crippen molar-refractivity contribution >= 4 is 17.6 Å². The number of guanidine groups is 1. The number of ether oxygens (including phenoxy) is 1. The summed E-state index contributed by atoms with van der Waals surface area (Å²) in [6.45, 7) is 0. The van der Waals surface area contributed by atoms with Gasteiger partial charge in [0.1, 0.15) is 5.75 Å². The van der Waals surface area contributed by atoms with Crippen molar-refractivity contribution < 1.29 is 9.13 Å². The Kier molecular flexibility index (Phi) is 3.14. The predicted molar refractivity (Wildman–Crippen MR) is 67.8 cm³/mol. The molecule has 1 heterocycles. The molecular formula is C11H12ClFN4O. The third-order valence-corrected chi connectivity index (χ3v) is 2.89. The smallest absolute Gasteiger partial charge is 0.195 e. The first-order chi connectivity index (χ1) is 8.47. The number of nitrogens with one attached hydrogen (secondary N) is 1. The van der Waals surface area contributed by atoms with Crippen molar-refractivity contribution in [2.24, 2.45) is 16.5 Å². The first-order valence-electron chi connectivity index (χ1n) is 5.08. The van der Waals surface area contributed by atoms with E-state index in [0.717, 1.165) is 6.20 Å². The summed E-state index contributed by atoms with van der Waals surface area (Å²) in [6, 6.07) is 4.67. The molecule has 0 spiro atoms. The zero-order valence-electron chi connectivity index (χ0n) is 9.58. The Morgan fingerprint density at radius 1 is 1.50 bits per heavy atom. The third-order valence-electron chi connectivity index (χ3n) is 2.60. The van der Waals surface area contributed by atoms with Crippen LogP contribution in [0.15, 0.2) is 35.2 Å².